The van der Waals surface area contributed by atoms with Crippen LogP contribution in [0.25, 0.3) is 0 Å². The predicted molar refractivity (Wildman–Crippen MR) is 57.7 cm³/mol. The average molecular weight is 246 g/mol. The summed E-state index contributed by atoms with van der Waals surface area (Å²) in [6.45, 7) is 3.55. The SMILES string of the molecule is CC1(C)O[C@H]2O[C@@H]3CSC(N)=N[C@]3(O)[C@H]2O1. The van der Waals surface area contributed by atoms with Gasteiger partial charge >= 0.3 is 0 Å². The molecular formula is C9H14N2O4S. The van der Waals surface area contributed by atoms with Gasteiger partial charge in [0.05, 0.1) is 0 Å². The third kappa shape index (κ3) is 1.39. The fraction of sp³-hybridized carbons (Fsp3) is 0.889. The van der Waals surface area contributed by atoms with Gasteiger partial charge in [-0.25, -0.2) is 4.99 Å². The summed E-state index contributed by atoms with van der Waals surface area (Å²) < 4.78 is 16.8. The van der Waals surface area contributed by atoms with Crippen LogP contribution in [0.1, 0.15) is 13.8 Å². The second kappa shape index (κ2) is 3.11. The van der Waals surface area contributed by atoms with Crippen LogP contribution in [-0.2, 0) is 14.2 Å². The lowest BCUT2D eigenvalue weighted by molar-refractivity contribution is -0.224. The average Bonchev–Trinajstić information content (AvgIpc) is 2.57. The number of nitrogens with zero attached hydrogens (tertiary/aromatic N) is 1. The molecule has 0 aromatic heterocycles. The summed E-state index contributed by atoms with van der Waals surface area (Å²) in [4.78, 5) is 4.07. The Hall–Kier alpha value is -0.340. The summed E-state index contributed by atoms with van der Waals surface area (Å²) in [6.07, 6.45) is -1.59. The van der Waals surface area contributed by atoms with Crippen molar-refractivity contribution in [2.75, 3.05) is 5.75 Å². The molecule has 0 radical (unpaired) electrons. The van der Waals surface area contributed by atoms with Crippen molar-refractivity contribution in [2.45, 2.75) is 43.9 Å². The third-order valence-electron chi connectivity index (χ3n) is 2.92. The summed E-state index contributed by atoms with van der Waals surface area (Å²) >= 11 is 1.36. The number of thioether (sulfide) groups is 1. The number of hydrogen-bond acceptors (Lipinski definition) is 7. The number of hydrogen-bond donors (Lipinski definition) is 2. The van der Waals surface area contributed by atoms with Gasteiger partial charge in [-0.1, -0.05) is 11.8 Å². The highest BCUT2D eigenvalue weighted by molar-refractivity contribution is 8.13. The Bertz CT molecular complexity index is 361. The number of nitrogens with two attached hydrogens (primary N) is 1. The van der Waals surface area contributed by atoms with Gasteiger partial charge in [-0.3, -0.25) is 0 Å². The van der Waals surface area contributed by atoms with Crippen LogP contribution < -0.4 is 5.73 Å². The molecule has 0 aliphatic carbocycles. The van der Waals surface area contributed by atoms with Crippen LogP contribution >= 0.6 is 11.8 Å². The highest BCUT2D eigenvalue weighted by Gasteiger charge is 2.64. The van der Waals surface area contributed by atoms with Crippen molar-refractivity contribution in [1.82, 2.24) is 0 Å². The highest BCUT2D eigenvalue weighted by atomic mass is 32.2. The molecule has 0 aromatic carbocycles. The van der Waals surface area contributed by atoms with Crippen LogP contribution in [0.3, 0.4) is 0 Å². The van der Waals surface area contributed by atoms with Crippen LogP contribution in [0.5, 0.6) is 0 Å². The summed E-state index contributed by atoms with van der Waals surface area (Å²) in [5.74, 6) is -0.198. The Labute approximate surface area is 97.1 Å². The van der Waals surface area contributed by atoms with Gasteiger partial charge in [0.25, 0.3) is 0 Å². The maximum atomic E-state index is 10.5. The van der Waals surface area contributed by atoms with E-state index in [0.29, 0.717) is 10.9 Å². The first-order chi connectivity index (χ1) is 7.41. The summed E-state index contributed by atoms with van der Waals surface area (Å²) in [6, 6.07) is 0. The molecule has 0 amide bonds. The van der Waals surface area contributed by atoms with E-state index >= 15 is 0 Å². The standard InChI is InChI=1S/C9H14N2O4S/c1-8(2)14-5-6(15-8)13-4-3-16-7(10)11-9(4,5)12/h4-6,12H,3H2,1-2H3,(H2,10,11)/t4-,5+,6-,9-/m1/s1. The molecule has 0 unspecified atom stereocenters. The number of aliphatic hydroxyl groups is 1. The number of amidine groups is 1. The molecule has 6 nitrogen and oxygen atoms in total. The monoisotopic (exact) mass is 246 g/mol. The Morgan fingerprint density at radius 3 is 3.00 bits per heavy atom. The van der Waals surface area contributed by atoms with Gasteiger partial charge in [-0.2, -0.15) is 0 Å². The van der Waals surface area contributed by atoms with E-state index < -0.39 is 30.0 Å². The molecule has 2 fully saturated rings. The zero-order valence-electron chi connectivity index (χ0n) is 9.04. The number of rotatable bonds is 0. The van der Waals surface area contributed by atoms with Crippen LogP contribution in [0.15, 0.2) is 4.99 Å². The molecule has 0 saturated carbocycles. The lowest BCUT2D eigenvalue weighted by Gasteiger charge is -2.32. The molecule has 3 rings (SSSR count). The summed E-state index contributed by atoms with van der Waals surface area (Å²) in [5, 5.41) is 10.8. The van der Waals surface area contributed by atoms with Gasteiger partial charge in [-0.05, 0) is 13.8 Å². The van der Waals surface area contributed by atoms with Gasteiger partial charge in [0.15, 0.2) is 23.3 Å². The first-order valence-electron chi connectivity index (χ1n) is 5.12. The Kier molecular flexibility index (Phi) is 2.10. The zero-order valence-corrected chi connectivity index (χ0v) is 9.86. The van der Waals surface area contributed by atoms with Gasteiger partial charge < -0.3 is 25.1 Å². The molecule has 0 bridgehead atoms. The molecule has 3 aliphatic heterocycles. The van der Waals surface area contributed by atoms with Crippen molar-refractivity contribution < 1.29 is 19.3 Å². The molecule has 2 saturated heterocycles. The van der Waals surface area contributed by atoms with Crippen LogP contribution in [-0.4, -0.2) is 46.0 Å². The van der Waals surface area contributed by atoms with Crippen molar-refractivity contribution in [2.24, 2.45) is 10.7 Å². The Morgan fingerprint density at radius 2 is 2.25 bits per heavy atom. The lowest BCUT2D eigenvalue weighted by atomic mass is 10.0. The van der Waals surface area contributed by atoms with Crippen LogP contribution in [0.4, 0.5) is 0 Å². The van der Waals surface area contributed by atoms with E-state index in [9.17, 15) is 5.11 Å². The minimum Gasteiger partial charge on any atom is -0.378 e. The van der Waals surface area contributed by atoms with Crippen molar-refractivity contribution >= 4 is 16.9 Å². The largest absolute Gasteiger partial charge is 0.378 e. The predicted octanol–water partition coefficient (Wildman–Crippen LogP) is -0.387. The van der Waals surface area contributed by atoms with E-state index in [1.807, 2.05) is 0 Å². The first kappa shape index (κ1) is 10.8. The van der Waals surface area contributed by atoms with E-state index in [4.69, 9.17) is 19.9 Å². The van der Waals surface area contributed by atoms with E-state index in [-0.39, 0.29) is 0 Å². The van der Waals surface area contributed by atoms with Gasteiger partial charge in [0.2, 0.25) is 5.72 Å². The van der Waals surface area contributed by atoms with Crippen molar-refractivity contribution in [3.05, 3.63) is 0 Å². The van der Waals surface area contributed by atoms with Crippen molar-refractivity contribution in [1.29, 1.82) is 0 Å². The Morgan fingerprint density at radius 1 is 1.50 bits per heavy atom. The molecule has 16 heavy (non-hydrogen) atoms. The minimum absolute atomic E-state index is 0.358. The van der Waals surface area contributed by atoms with E-state index in [1.54, 1.807) is 13.8 Å². The van der Waals surface area contributed by atoms with Crippen LogP contribution in [0.2, 0.25) is 0 Å². The molecule has 90 valence electrons. The maximum Gasteiger partial charge on any atom is 0.217 e. The summed E-state index contributed by atoms with van der Waals surface area (Å²) in [5.41, 5.74) is 4.22. The molecule has 3 N–H and O–H groups in total. The number of aliphatic imine (C=N–C) groups is 1. The quantitative estimate of drug-likeness (QED) is 0.605. The first-order valence-corrected chi connectivity index (χ1v) is 6.11. The van der Waals surface area contributed by atoms with Crippen LogP contribution in [0, 0.1) is 0 Å². The fourth-order valence-corrected chi connectivity index (χ4v) is 3.09. The smallest absolute Gasteiger partial charge is 0.217 e. The van der Waals surface area contributed by atoms with Crippen molar-refractivity contribution in [3.8, 4) is 0 Å². The van der Waals surface area contributed by atoms with E-state index in [2.05, 4.69) is 4.99 Å². The highest BCUT2D eigenvalue weighted by Crippen LogP contribution is 2.46. The number of ether oxygens (including phenoxy) is 3. The van der Waals surface area contributed by atoms with Crippen molar-refractivity contribution in [3.63, 3.8) is 0 Å². The lowest BCUT2D eigenvalue weighted by Crippen LogP contribution is -2.51. The molecule has 4 atom stereocenters. The minimum atomic E-state index is -1.41. The third-order valence-corrected chi connectivity index (χ3v) is 3.78. The zero-order chi connectivity index (χ0) is 11.6. The maximum absolute atomic E-state index is 10.5. The second-order valence-electron chi connectivity index (χ2n) is 4.59. The molecule has 0 spiro atoms. The normalized spacial score (nSPS) is 49.7. The molecule has 0 aromatic rings. The topological polar surface area (TPSA) is 86.3 Å². The van der Waals surface area contributed by atoms with Gasteiger partial charge in [0, 0.05) is 5.75 Å². The van der Waals surface area contributed by atoms with Gasteiger partial charge in [-0.15, -0.1) is 0 Å². The van der Waals surface area contributed by atoms with E-state index in [0.717, 1.165) is 0 Å². The Balaban J connectivity index is 1.94. The molecule has 3 heterocycles. The fourth-order valence-electron chi connectivity index (χ4n) is 2.23. The number of fused-ring (bicyclic) bond motifs is 3. The second-order valence-corrected chi connectivity index (χ2v) is 5.63. The molecular weight excluding hydrogens is 232 g/mol. The van der Waals surface area contributed by atoms with Gasteiger partial charge in [0.1, 0.15) is 6.10 Å². The molecule has 7 heteroatoms. The van der Waals surface area contributed by atoms with E-state index in [1.165, 1.54) is 11.8 Å². The molecule has 3 aliphatic rings. The summed E-state index contributed by atoms with van der Waals surface area (Å²) in [7, 11) is 0.